The molecule has 0 saturated heterocycles. The van der Waals surface area contributed by atoms with Crippen LogP contribution in [0, 0.1) is 0 Å². The van der Waals surface area contributed by atoms with Crippen LogP contribution in [0.5, 0.6) is 0 Å². The Morgan fingerprint density at radius 2 is 2.26 bits per heavy atom. The Morgan fingerprint density at radius 1 is 1.52 bits per heavy atom. The molecule has 1 heterocycles. The number of carbonyl (C=O) groups excluding carboxylic acids is 2. The van der Waals surface area contributed by atoms with E-state index in [1.54, 1.807) is 19.9 Å². The number of nitrogens with one attached hydrogen (secondary N) is 1. The molecule has 5 nitrogen and oxygen atoms in total. The van der Waals surface area contributed by atoms with Crippen LogP contribution in [0.3, 0.4) is 0 Å². The first-order valence-electron chi connectivity index (χ1n) is 7.90. The quantitative estimate of drug-likeness (QED) is 0.424. The lowest BCUT2D eigenvalue weighted by Crippen LogP contribution is -2.28. The summed E-state index contributed by atoms with van der Waals surface area (Å²) in [5.74, 6) is -0.215. The van der Waals surface area contributed by atoms with Gasteiger partial charge in [0.05, 0.1) is 18.8 Å². The molecule has 1 fully saturated rings. The fraction of sp³-hybridized carbons (Fsp3) is 0.529. The van der Waals surface area contributed by atoms with Crippen molar-refractivity contribution in [2.75, 3.05) is 18.5 Å². The van der Waals surface area contributed by atoms with Crippen LogP contribution in [-0.2, 0) is 14.3 Å². The minimum Gasteiger partial charge on any atom is -0.462 e. The summed E-state index contributed by atoms with van der Waals surface area (Å²) in [5, 5.41) is 5.31. The molecule has 0 aromatic carbocycles. The van der Waals surface area contributed by atoms with Gasteiger partial charge >= 0.3 is 5.97 Å². The van der Waals surface area contributed by atoms with Gasteiger partial charge in [0.25, 0.3) is 5.91 Å². The van der Waals surface area contributed by atoms with Crippen molar-refractivity contribution in [3.05, 3.63) is 29.2 Å². The molecule has 2 rings (SSSR count). The monoisotopic (exact) mass is 337 g/mol. The Morgan fingerprint density at radius 3 is 2.87 bits per heavy atom. The number of amides is 1. The van der Waals surface area contributed by atoms with E-state index >= 15 is 0 Å². The van der Waals surface area contributed by atoms with Crippen molar-refractivity contribution in [2.45, 2.75) is 45.1 Å². The number of hydrogen-bond acceptors (Lipinski definition) is 5. The lowest BCUT2D eigenvalue weighted by Gasteiger charge is -2.13. The van der Waals surface area contributed by atoms with E-state index in [0.29, 0.717) is 36.1 Å². The highest BCUT2D eigenvalue weighted by Gasteiger charge is 2.32. The third-order valence-corrected chi connectivity index (χ3v) is 4.53. The Bertz CT molecular complexity index is 577. The number of carbonyl (C=O) groups is 2. The van der Waals surface area contributed by atoms with E-state index < -0.39 is 6.10 Å². The molecule has 1 saturated carbocycles. The molecule has 1 atom stereocenters. The van der Waals surface area contributed by atoms with E-state index in [0.717, 1.165) is 18.4 Å². The molecule has 1 N–H and O–H groups in total. The third-order valence-electron chi connectivity index (χ3n) is 3.61. The van der Waals surface area contributed by atoms with E-state index in [9.17, 15) is 9.59 Å². The summed E-state index contributed by atoms with van der Waals surface area (Å²) >= 11 is 1.37. The van der Waals surface area contributed by atoms with Crippen molar-refractivity contribution in [1.82, 2.24) is 0 Å². The second kappa shape index (κ2) is 8.26. The van der Waals surface area contributed by atoms with E-state index in [1.165, 1.54) is 11.3 Å². The summed E-state index contributed by atoms with van der Waals surface area (Å²) in [6.45, 7) is 7.84. The van der Waals surface area contributed by atoms with Crippen molar-refractivity contribution in [1.29, 1.82) is 0 Å². The lowest BCUT2D eigenvalue weighted by molar-refractivity contribution is -0.126. The Hall–Kier alpha value is -1.66. The van der Waals surface area contributed by atoms with Crippen LogP contribution in [-0.4, -0.2) is 31.2 Å². The topological polar surface area (TPSA) is 64.6 Å². The van der Waals surface area contributed by atoms with Crippen molar-refractivity contribution < 1.29 is 19.1 Å². The molecule has 1 aromatic heterocycles. The SMILES string of the molecule is C=CCCOC(C)C(=O)Nc1scc(C2CC2)c1C(=O)OCC. The lowest BCUT2D eigenvalue weighted by atomic mass is 10.1. The number of rotatable bonds is 9. The molecule has 23 heavy (non-hydrogen) atoms. The normalized spacial score (nSPS) is 15.0. The van der Waals surface area contributed by atoms with Gasteiger partial charge in [0.15, 0.2) is 0 Å². The van der Waals surface area contributed by atoms with Gasteiger partial charge in [0.2, 0.25) is 0 Å². The Kier molecular flexibility index (Phi) is 6.36. The summed E-state index contributed by atoms with van der Waals surface area (Å²) in [4.78, 5) is 24.5. The van der Waals surface area contributed by atoms with E-state index in [-0.39, 0.29) is 11.9 Å². The van der Waals surface area contributed by atoms with Gasteiger partial charge in [-0.15, -0.1) is 17.9 Å². The van der Waals surface area contributed by atoms with Crippen LogP contribution in [0.4, 0.5) is 5.00 Å². The summed E-state index contributed by atoms with van der Waals surface area (Å²) in [5.41, 5.74) is 1.50. The first-order chi connectivity index (χ1) is 11.1. The fourth-order valence-corrected chi connectivity index (χ4v) is 3.22. The first-order valence-corrected chi connectivity index (χ1v) is 8.78. The average molecular weight is 337 g/mol. The maximum atomic E-state index is 12.2. The molecule has 126 valence electrons. The van der Waals surface area contributed by atoms with Crippen molar-refractivity contribution in [2.24, 2.45) is 0 Å². The number of hydrogen-bond donors (Lipinski definition) is 1. The Labute approximate surface area is 140 Å². The van der Waals surface area contributed by atoms with Gasteiger partial charge in [0, 0.05) is 0 Å². The molecule has 0 radical (unpaired) electrons. The maximum absolute atomic E-state index is 12.2. The van der Waals surface area contributed by atoms with Gasteiger partial charge in [-0.05, 0) is 50.0 Å². The molecular weight excluding hydrogens is 314 g/mol. The number of esters is 1. The molecule has 0 bridgehead atoms. The summed E-state index contributed by atoms with van der Waals surface area (Å²) in [6, 6.07) is 0. The van der Waals surface area contributed by atoms with E-state index in [1.807, 2.05) is 5.38 Å². The van der Waals surface area contributed by atoms with Gasteiger partial charge in [-0.1, -0.05) is 6.08 Å². The maximum Gasteiger partial charge on any atom is 0.341 e. The molecular formula is C17H23NO4S. The van der Waals surface area contributed by atoms with Crippen LogP contribution < -0.4 is 5.32 Å². The second-order valence-electron chi connectivity index (χ2n) is 5.47. The zero-order valence-corrected chi connectivity index (χ0v) is 14.4. The fourth-order valence-electron chi connectivity index (χ4n) is 2.19. The number of thiophene rings is 1. The average Bonchev–Trinajstić information content (AvgIpc) is 3.28. The highest BCUT2D eigenvalue weighted by molar-refractivity contribution is 7.15. The van der Waals surface area contributed by atoms with Crippen LogP contribution in [0.15, 0.2) is 18.0 Å². The molecule has 1 unspecified atom stereocenters. The Balaban J connectivity index is 2.08. The highest BCUT2D eigenvalue weighted by Crippen LogP contribution is 2.46. The second-order valence-corrected chi connectivity index (χ2v) is 6.35. The standard InChI is InChI=1S/C17H23NO4S/c1-4-6-9-22-11(3)15(19)18-16-14(17(20)21-5-2)13(10-23-16)12-7-8-12/h4,10-12H,1,5-9H2,2-3H3,(H,18,19). The zero-order valence-electron chi connectivity index (χ0n) is 13.6. The van der Waals surface area contributed by atoms with Gasteiger partial charge in [-0.25, -0.2) is 4.79 Å². The predicted octanol–water partition coefficient (Wildman–Crippen LogP) is 3.72. The number of anilines is 1. The van der Waals surface area contributed by atoms with Crippen LogP contribution in [0.25, 0.3) is 0 Å². The molecule has 1 aromatic rings. The molecule has 1 amide bonds. The van der Waals surface area contributed by atoms with Gasteiger partial charge in [-0.2, -0.15) is 0 Å². The molecule has 0 spiro atoms. The summed E-state index contributed by atoms with van der Waals surface area (Å²) in [7, 11) is 0. The van der Waals surface area contributed by atoms with Crippen LogP contribution in [0.2, 0.25) is 0 Å². The van der Waals surface area contributed by atoms with E-state index in [4.69, 9.17) is 9.47 Å². The minimum atomic E-state index is -0.587. The molecule has 1 aliphatic carbocycles. The third kappa shape index (κ3) is 4.65. The predicted molar refractivity (Wildman–Crippen MR) is 91.1 cm³/mol. The zero-order chi connectivity index (χ0) is 16.8. The summed E-state index contributed by atoms with van der Waals surface area (Å²) < 4.78 is 10.6. The highest BCUT2D eigenvalue weighted by atomic mass is 32.1. The largest absolute Gasteiger partial charge is 0.462 e. The van der Waals surface area contributed by atoms with Gasteiger partial charge < -0.3 is 14.8 Å². The molecule has 0 aliphatic heterocycles. The van der Waals surface area contributed by atoms with Crippen molar-refractivity contribution in [3.8, 4) is 0 Å². The van der Waals surface area contributed by atoms with Crippen molar-refractivity contribution in [3.63, 3.8) is 0 Å². The molecule has 1 aliphatic rings. The smallest absolute Gasteiger partial charge is 0.341 e. The van der Waals surface area contributed by atoms with Crippen molar-refractivity contribution >= 4 is 28.2 Å². The molecule has 6 heteroatoms. The number of ether oxygens (including phenoxy) is 2. The van der Waals surface area contributed by atoms with Gasteiger partial charge in [0.1, 0.15) is 11.1 Å². The first kappa shape index (κ1) is 17.7. The van der Waals surface area contributed by atoms with E-state index in [2.05, 4.69) is 11.9 Å². The summed E-state index contributed by atoms with van der Waals surface area (Å²) in [6.07, 6.45) is 4.01. The van der Waals surface area contributed by atoms with Gasteiger partial charge in [-0.3, -0.25) is 4.79 Å². The minimum absolute atomic E-state index is 0.260. The van der Waals surface area contributed by atoms with Crippen LogP contribution >= 0.6 is 11.3 Å². The van der Waals surface area contributed by atoms with Crippen LogP contribution in [0.1, 0.15) is 54.9 Å².